The fraction of sp³-hybridized carbons (Fsp3) is 0.571. The smallest absolute Gasteiger partial charge is 0.305 e. The summed E-state index contributed by atoms with van der Waals surface area (Å²) in [6, 6.07) is 0. The van der Waals surface area contributed by atoms with E-state index in [1.54, 1.807) is 0 Å². The molecule has 0 N–H and O–H groups in total. The van der Waals surface area contributed by atoms with E-state index in [-0.39, 0.29) is 12.6 Å². The maximum Gasteiger partial charge on any atom is 0.305 e. The van der Waals surface area contributed by atoms with Gasteiger partial charge in [-0.1, -0.05) is 55.0 Å². The van der Waals surface area contributed by atoms with E-state index in [1.165, 1.54) is 7.11 Å². The van der Waals surface area contributed by atoms with Crippen LogP contribution in [0.25, 0.3) is 0 Å². The van der Waals surface area contributed by atoms with Gasteiger partial charge in [0.1, 0.15) is 0 Å². The van der Waals surface area contributed by atoms with Crippen molar-refractivity contribution in [3.05, 3.63) is 48.6 Å². The third-order valence-electron chi connectivity index (χ3n) is 3.47. The quantitative estimate of drug-likeness (QED) is 0.200. The number of methoxy groups -OCH3 is 1. The lowest BCUT2D eigenvalue weighted by atomic mass is 10.2. The molecular formula is C21H33FO2. The van der Waals surface area contributed by atoms with Crippen molar-refractivity contribution in [3.8, 4) is 0 Å². The number of esters is 1. The van der Waals surface area contributed by atoms with E-state index in [2.05, 4.69) is 53.3 Å². The van der Waals surface area contributed by atoms with Crippen LogP contribution in [0.2, 0.25) is 0 Å². The average Bonchev–Trinajstić information content (AvgIpc) is 2.60. The predicted molar refractivity (Wildman–Crippen MR) is 101 cm³/mol. The van der Waals surface area contributed by atoms with Gasteiger partial charge in [-0.25, -0.2) is 0 Å². The lowest BCUT2D eigenvalue weighted by molar-refractivity contribution is -0.140. The maximum atomic E-state index is 11.9. The average molecular weight is 336 g/mol. The van der Waals surface area contributed by atoms with Gasteiger partial charge < -0.3 is 4.74 Å². The number of halogens is 1. The van der Waals surface area contributed by atoms with Gasteiger partial charge in [0, 0.05) is 6.42 Å². The van der Waals surface area contributed by atoms with Gasteiger partial charge in [-0.2, -0.15) is 0 Å². The number of hydrogen-bond acceptors (Lipinski definition) is 2. The van der Waals surface area contributed by atoms with Crippen molar-refractivity contribution in [2.45, 2.75) is 64.2 Å². The summed E-state index contributed by atoms with van der Waals surface area (Å²) in [6.45, 7) is -0.189. The summed E-state index contributed by atoms with van der Waals surface area (Å²) in [6.07, 6.45) is 26.2. The molecule has 0 unspecified atom stereocenters. The number of allylic oxidation sites excluding steroid dienone is 8. The first-order chi connectivity index (χ1) is 11.8. The normalized spacial score (nSPS) is 12.2. The number of carbonyl (C=O) groups is 1. The molecule has 0 saturated heterocycles. The van der Waals surface area contributed by atoms with Crippen LogP contribution in [-0.2, 0) is 9.53 Å². The standard InChI is InChI=1S/C21H33FO2/c1-24-21(23)19-17-15-13-11-9-7-5-3-2-4-6-8-10-12-14-16-18-20-22/h2,4-5,7-8,10-11,13H,3,6,9,12,14-20H2,1H3. The molecule has 3 heteroatoms. The zero-order valence-corrected chi connectivity index (χ0v) is 15.1. The Morgan fingerprint density at radius 2 is 1.25 bits per heavy atom. The van der Waals surface area contributed by atoms with Gasteiger partial charge in [-0.05, 0) is 51.4 Å². The first-order valence-electron chi connectivity index (χ1n) is 9.04. The summed E-state index contributed by atoms with van der Waals surface area (Å²) in [4.78, 5) is 10.9. The minimum absolute atomic E-state index is 0.137. The third kappa shape index (κ3) is 18.4. The molecule has 0 atom stereocenters. The van der Waals surface area contributed by atoms with Gasteiger partial charge in [-0.3, -0.25) is 9.18 Å². The van der Waals surface area contributed by atoms with Gasteiger partial charge >= 0.3 is 5.97 Å². The lowest BCUT2D eigenvalue weighted by Crippen LogP contribution is -1.98. The van der Waals surface area contributed by atoms with Crippen molar-refractivity contribution >= 4 is 5.97 Å². The highest BCUT2D eigenvalue weighted by Gasteiger charge is 1.96. The van der Waals surface area contributed by atoms with Crippen molar-refractivity contribution < 1.29 is 13.9 Å². The lowest BCUT2D eigenvalue weighted by Gasteiger charge is -1.95. The SMILES string of the molecule is COC(=O)CCCC=CCC=CCC=CCC=CCCCCCF. The van der Waals surface area contributed by atoms with Gasteiger partial charge in [-0.15, -0.1) is 0 Å². The fourth-order valence-corrected chi connectivity index (χ4v) is 2.05. The first-order valence-corrected chi connectivity index (χ1v) is 9.04. The van der Waals surface area contributed by atoms with Crippen molar-refractivity contribution in [1.82, 2.24) is 0 Å². The molecule has 0 aromatic rings. The minimum Gasteiger partial charge on any atom is -0.469 e. The number of unbranched alkanes of at least 4 members (excludes halogenated alkanes) is 4. The summed E-state index contributed by atoms with van der Waals surface area (Å²) in [5, 5.41) is 0. The van der Waals surface area contributed by atoms with Crippen LogP contribution < -0.4 is 0 Å². The molecule has 0 radical (unpaired) electrons. The fourth-order valence-electron chi connectivity index (χ4n) is 2.05. The Balaban J connectivity index is 3.41. The molecule has 136 valence electrons. The Labute approximate surface area is 147 Å². The van der Waals surface area contributed by atoms with E-state index in [1.807, 2.05) is 0 Å². The molecule has 0 saturated carbocycles. The van der Waals surface area contributed by atoms with Crippen LogP contribution in [0.5, 0.6) is 0 Å². The van der Waals surface area contributed by atoms with Crippen molar-refractivity contribution in [1.29, 1.82) is 0 Å². The zero-order chi connectivity index (χ0) is 17.7. The van der Waals surface area contributed by atoms with Crippen LogP contribution in [0, 0.1) is 0 Å². The van der Waals surface area contributed by atoms with Crippen LogP contribution in [0.15, 0.2) is 48.6 Å². The molecule has 24 heavy (non-hydrogen) atoms. The summed E-state index contributed by atoms with van der Waals surface area (Å²) in [5.74, 6) is -0.137. The van der Waals surface area contributed by atoms with Crippen LogP contribution in [-0.4, -0.2) is 19.8 Å². The second-order valence-corrected chi connectivity index (χ2v) is 5.60. The maximum absolute atomic E-state index is 11.9. The highest BCUT2D eigenvalue weighted by atomic mass is 19.1. The summed E-state index contributed by atoms with van der Waals surface area (Å²) in [5.41, 5.74) is 0. The number of alkyl halides is 1. The molecule has 2 nitrogen and oxygen atoms in total. The van der Waals surface area contributed by atoms with Gasteiger partial charge in [0.05, 0.1) is 13.8 Å². The Morgan fingerprint density at radius 1 is 0.750 bits per heavy atom. The summed E-state index contributed by atoms with van der Waals surface area (Å²) >= 11 is 0. The number of ether oxygens (including phenoxy) is 1. The van der Waals surface area contributed by atoms with Gasteiger partial charge in [0.15, 0.2) is 0 Å². The predicted octanol–water partition coefficient (Wildman–Crippen LogP) is 6.25. The van der Waals surface area contributed by atoms with Crippen LogP contribution in [0.3, 0.4) is 0 Å². The summed E-state index contributed by atoms with van der Waals surface area (Å²) < 4.78 is 16.5. The molecule has 0 aliphatic carbocycles. The molecule has 0 bridgehead atoms. The topological polar surface area (TPSA) is 26.3 Å². The van der Waals surface area contributed by atoms with Crippen molar-refractivity contribution in [3.63, 3.8) is 0 Å². The molecular weight excluding hydrogens is 303 g/mol. The van der Waals surface area contributed by atoms with E-state index >= 15 is 0 Å². The van der Waals surface area contributed by atoms with Crippen molar-refractivity contribution in [2.75, 3.05) is 13.8 Å². The van der Waals surface area contributed by atoms with Crippen LogP contribution in [0.1, 0.15) is 64.2 Å². The molecule has 0 rings (SSSR count). The van der Waals surface area contributed by atoms with Gasteiger partial charge in [0.2, 0.25) is 0 Å². The van der Waals surface area contributed by atoms with E-state index < -0.39 is 0 Å². The molecule has 0 amide bonds. The molecule has 0 spiro atoms. The second-order valence-electron chi connectivity index (χ2n) is 5.60. The summed E-state index contributed by atoms with van der Waals surface area (Å²) in [7, 11) is 1.42. The van der Waals surface area contributed by atoms with Crippen LogP contribution in [0.4, 0.5) is 4.39 Å². The Hall–Kier alpha value is -1.64. The molecule has 0 aliphatic rings. The monoisotopic (exact) mass is 336 g/mol. The molecule has 0 fully saturated rings. The first kappa shape index (κ1) is 22.4. The van der Waals surface area contributed by atoms with E-state index in [9.17, 15) is 9.18 Å². The molecule has 0 aromatic heterocycles. The highest BCUT2D eigenvalue weighted by Crippen LogP contribution is 2.02. The highest BCUT2D eigenvalue weighted by molar-refractivity contribution is 5.69. The number of hydrogen-bond donors (Lipinski definition) is 0. The Morgan fingerprint density at radius 3 is 1.75 bits per heavy atom. The Bertz CT molecular complexity index is 395. The minimum atomic E-state index is -0.189. The number of rotatable bonds is 15. The third-order valence-corrected chi connectivity index (χ3v) is 3.47. The van der Waals surface area contributed by atoms with Crippen LogP contribution >= 0.6 is 0 Å². The second kappa shape index (κ2) is 19.4. The molecule has 0 aromatic carbocycles. The molecule has 0 heterocycles. The van der Waals surface area contributed by atoms with E-state index in [4.69, 9.17) is 0 Å². The van der Waals surface area contributed by atoms with Gasteiger partial charge in [0.25, 0.3) is 0 Å². The van der Waals surface area contributed by atoms with Crippen molar-refractivity contribution in [2.24, 2.45) is 0 Å². The Kier molecular flexibility index (Phi) is 18.1. The van der Waals surface area contributed by atoms with E-state index in [0.29, 0.717) is 12.8 Å². The molecule has 0 aliphatic heterocycles. The zero-order valence-electron chi connectivity index (χ0n) is 15.1. The van der Waals surface area contributed by atoms with E-state index in [0.717, 1.165) is 51.4 Å². The largest absolute Gasteiger partial charge is 0.469 e. The number of carbonyl (C=O) groups excluding carboxylic acids is 1.